The Morgan fingerprint density at radius 2 is 1.00 bits per heavy atom. The topological polar surface area (TPSA) is 120 Å². The molecule has 2 atom stereocenters. The van der Waals surface area contributed by atoms with Crippen molar-refractivity contribution in [1.82, 2.24) is 5.32 Å². The van der Waals surface area contributed by atoms with Gasteiger partial charge >= 0.3 is 19.8 Å². The quantitative estimate of drug-likeness (QED) is 0.0270. The normalized spacial score (nSPS) is 14.0. The second kappa shape index (κ2) is 42.1. The van der Waals surface area contributed by atoms with Crippen molar-refractivity contribution in [2.24, 2.45) is 0 Å². The lowest BCUT2D eigenvalue weighted by Crippen LogP contribution is -2.29. The highest BCUT2D eigenvalue weighted by Gasteiger charge is 2.26. The fraction of sp³-hybridized carbons (Fsp3) is 0.696. The van der Waals surface area contributed by atoms with E-state index in [1.165, 1.54) is 70.6 Å². The Bertz CT molecular complexity index is 1150. The summed E-state index contributed by atoms with van der Waals surface area (Å²) >= 11 is 0. The van der Waals surface area contributed by atoms with Crippen LogP contribution >= 0.6 is 7.82 Å². The Balaban J connectivity index is 4.37. The molecule has 2 N–H and O–H groups in total. The van der Waals surface area contributed by atoms with Gasteiger partial charge in [-0.05, 0) is 84.1 Å². The molecule has 0 rings (SSSR count). The predicted octanol–water partition coefficient (Wildman–Crippen LogP) is 12.5. The maximum absolute atomic E-state index is 12.6. The molecule has 0 aromatic heterocycles. The molecule has 0 bridgehead atoms. The molecule has 0 radical (unpaired) electrons. The minimum absolute atomic E-state index is 0.0326. The summed E-state index contributed by atoms with van der Waals surface area (Å²) in [7, 11) is -2.68. The SMILES string of the molecule is CCCCC/C=C\C/C=C\C/C=C\C/C=C\C/C=C\CCC(=O)OCC(COP(=O)(O)OCCNC)OC(=O)CCCCCCC/C=C\CCCCCCCC. The number of unbranched alkanes of at least 4 members (excludes halogenated alkanes) is 14. The van der Waals surface area contributed by atoms with E-state index in [0.717, 1.165) is 57.8 Å². The van der Waals surface area contributed by atoms with Gasteiger partial charge in [0, 0.05) is 19.4 Å². The molecule has 0 fully saturated rings. The van der Waals surface area contributed by atoms with Crippen LogP contribution in [0.25, 0.3) is 0 Å². The van der Waals surface area contributed by atoms with E-state index in [9.17, 15) is 19.0 Å². The Morgan fingerprint density at radius 1 is 0.554 bits per heavy atom. The van der Waals surface area contributed by atoms with Crippen molar-refractivity contribution in [3.05, 3.63) is 72.9 Å². The second-order valence-corrected chi connectivity index (χ2v) is 15.6. The number of esters is 2. The lowest BCUT2D eigenvalue weighted by molar-refractivity contribution is -0.161. The lowest BCUT2D eigenvalue weighted by atomic mass is 10.1. The van der Waals surface area contributed by atoms with E-state index in [1.54, 1.807) is 7.05 Å². The van der Waals surface area contributed by atoms with Crippen molar-refractivity contribution in [2.75, 3.05) is 33.4 Å². The molecule has 56 heavy (non-hydrogen) atoms. The maximum atomic E-state index is 12.6. The second-order valence-electron chi connectivity index (χ2n) is 14.2. The van der Waals surface area contributed by atoms with Crippen LogP contribution in [-0.4, -0.2) is 56.3 Å². The number of phosphoric acid groups is 1. The van der Waals surface area contributed by atoms with Crippen molar-refractivity contribution in [3.8, 4) is 0 Å². The maximum Gasteiger partial charge on any atom is 0.472 e. The summed E-state index contributed by atoms with van der Waals surface area (Å²) in [5.41, 5.74) is 0. The van der Waals surface area contributed by atoms with Crippen LogP contribution in [0.5, 0.6) is 0 Å². The Hall–Kier alpha value is -2.55. The predicted molar refractivity (Wildman–Crippen MR) is 233 cm³/mol. The Kier molecular flexibility index (Phi) is 40.2. The Morgan fingerprint density at radius 3 is 1.55 bits per heavy atom. The summed E-state index contributed by atoms with van der Waals surface area (Å²) in [5, 5.41) is 2.81. The smallest absolute Gasteiger partial charge is 0.462 e. The minimum Gasteiger partial charge on any atom is -0.462 e. The largest absolute Gasteiger partial charge is 0.472 e. The van der Waals surface area contributed by atoms with Crippen molar-refractivity contribution in [3.63, 3.8) is 0 Å². The fourth-order valence-corrected chi connectivity index (χ4v) is 6.22. The minimum atomic E-state index is -4.37. The van der Waals surface area contributed by atoms with Gasteiger partial charge in [-0.15, -0.1) is 0 Å². The summed E-state index contributed by atoms with van der Waals surface area (Å²) < 4.78 is 33.1. The molecule has 0 aliphatic rings. The number of likely N-dealkylation sites (N-methyl/N-ethyl adjacent to an activating group) is 1. The van der Waals surface area contributed by atoms with E-state index in [-0.39, 0.29) is 26.1 Å². The molecule has 322 valence electrons. The van der Waals surface area contributed by atoms with Gasteiger partial charge in [-0.2, -0.15) is 0 Å². The van der Waals surface area contributed by atoms with Gasteiger partial charge in [-0.1, -0.05) is 151 Å². The monoisotopic (exact) mass is 806 g/mol. The lowest BCUT2D eigenvalue weighted by Gasteiger charge is -2.20. The van der Waals surface area contributed by atoms with Gasteiger partial charge in [0.1, 0.15) is 6.61 Å². The number of allylic oxidation sites excluding steroid dienone is 12. The molecular weight excluding hydrogens is 725 g/mol. The first-order valence-corrected chi connectivity index (χ1v) is 23.4. The van der Waals surface area contributed by atoms with Crippen LogP contribution in [-0.2, 0) is 32.7 Å². The summed E-state index contributed by atoms with van der Waals surface area (Å²) in [6.45, 7) is 4.08. The number of nitrogens with one attached hydrogen (secondary N) is 1. The van der Waals surface area contributed by atoms with Crippen molar-refractivity contribution in [1.29, 1.82) is 0 Å². The van der Waals surface area contributed by atoms with Crippen LogP contribution < -0.4 is 5.32 Å². The molecule has 0 amide bonds. The first kappa shape index (κ1) is 53.5. The highest BCUT2D eigenvalue weighted by atomic mass is 31.2. The van der Waals surface area contributed by atoms with Crippen LogP contribution in [0.4, 0.5) is 0 Å². The number of rotatable bonds is 40. The third-order valence-corrected chi connectivity index (χ3v) is 9.80. The van der Waals surface area contributed by atoms with E-state index < -0.39 is 32.5 Å². The standard InChI is InChI=1S/C46H80NO8P/c1-4-6-8-10-12-14-16-18-20-21-22-23-25-26-28-30-32-34-36-38-45(48)52-42-44(43-54-56(50,51)53-41-40-47-3)55-46(49)39-37-35-33-31-29-27-24-19-17-15-13-11-9-7-5-2/h12,14,18-20,22-24,26,28,32,34,44,47H,4-11,13,15-17,21,25,27,29-31,33,35-43H2,1-3H3,(H,50,51)/b14-12-,20-18-,23-22-,24-19-,28-26-,34-32-. The van der Waals surface area contributed by atoms with E-state index in [0.29, 0.717) is 19.4 Å². The number of phosphoric ester groups is 1. The molecule has 0 spiro atoms. The van der Waals surface area contributed by atoms with Crippen LogP contribution in [0.3, 0.4) is 0 Å². The summed E-state index contributed by atoms with van der Waals surface area (Å²) in [5.74, 6) is -0.918. The van der Waals surface area contributed by atoms with Gasteiger partial charge in [0.25, 0.3) is 0 Å². The number of hydrogen-bond donors (Lipinski definition) is 2. The zero-order valence-corrected chi connectivity index (χ0v) is 36.5. The molecule has 9 nitrogen and oxygen atoms in total. The molecule has 0 aliphatic carbocycles. The first-order valence-electron chi connectivity index (χ1n) is 21.9. The molecular formula is C46H80NO8P. The van der Waals surface area contributed by atoms with Crippen LogP contribution in [0.15, 0.2) is 72.9 Å². The Labute approximate surface area is 342 Å². The zero-order valence-electron chi connectivity index (χ0n) is 35.6. The highest BCUT2D eigenvalue weighted by molar-refractivity contribution is 7.47. The third-order valence-electron chi connectivity index (χ3n) is 8.81. The summed E-state index contributed by atoms with van der Waals surface area (Å²) in [6.07, 6.45) is 49.6. The average molecular weight is 806 g/mol. The van der Waals surface area contributed by atoms with Crippen LogP contribution in [0.2, 0.25) is 0 Å². The van der Waals surface area contributed by atoms with Crippen LogP contribution in [0.1, 0.15) is 168 Å². The fourth-order valence-electron chi connectivity index (χ4n) is 5.47. The molecule has 10 heteroatoms. The summed E-state index contributed by atoms with van der Waals surface area (Å²) in [4.78, 5) is 35.0. The van der Waals surface area contributed by atoms with Gasteiger partial charge in [0.2, 0.25) is 0 Å². The molecule has 0 saturated heterocycles. The molecule has 0 heterocycles. The van der Waals surface area contributed by atoms with Crippen molar-refractivity contribution < 1.29 is 37.6 Å². The van der Waals surface area contributed by atoms with Gasteiger partial charge in [-0.3, -0.25) is 18.6 Å². The molecule has 0 saturated carbocycles. The van der Waals surface area contributed by atoms with Crippen molar-refractivity contribution in [2.45, 2.75) is 174 Å². The average Bonchev–Trinajstić information content (AvgIpc) is 3.18. The molecule has 0 aromatic rings. The zero-order chi connectivity index (χ0) is 41.1. The molecule has 2 unspecified atom stereocenters. The molecule has 0 aliphatic heterocycles. The van der Waals surface area contributed by atoms with E-state index in [4.69, 9.17) is 18.5 Å². The van der Waals surface area contributed by atoms with Crippen molar-refractivity contribution >= 4 is 19.8 Å². The van der Waals surface area contributed by atoms with Gasteiger partial charge in [0.15, 0.2) is 6.10 Å². The van der Waals surface area contributed by atoms with Gasteiger partial charge < -0.3 is 19.7 Å². The van der Waals surface area contributed by atoms with E-state index in [1.807, 2.05) is 12.2 Å². The summed E-state index contributed by atoms with van der Waals surface area (Å²) in [6, 6.07) is 0. The van der Waals surface area contributed by atoms with E-state index >= 15 is 0 Å². The number of ether oxygens (including phenoxy) is 2. The first-order chi connectivity index (χ1) is 27.3. The third kappa shape index (κ3) is 41.1. The number of carbonyl (C=O) groups excluding carboxylic acids is 2. The number of carbonyl (C=O) groups is 2. The molecule has 0 aromatic carbocycles. The van der Waals surface area contributed by atoms with Crippen LogP contribution in [0, 0.1) is 0 Å². The van der Waals surface area contributed by atoms with E-state index in [2.05, 4.69) is 79.9 Å². The number of hydrogen-bond acceptors (Lipinski definition) is 8. The van der Waals surface area contributed by atoms with Gasteiger partial charge in [0.05, 0.1) is 13.2 Å². The van der Waals surface area contributed by atoms with Gasteiger partial charge in [-0.25, -0.2) is 4.57 Å². The highest BCUT2D eigenvalue weighted by Crippen LogP contribution is 2.43.